The van der Waals surface area contributed by atoms with E-state index >= 15 is 0 Å². The van der Waals surface area contributed by atoms with Crippen molar-refractivity contribution in [3.63, 3.8) is 0 Å². The van der Waals surface area contributed by atoms with Crippen LogP contribution < -0.4 is 10.00 Å². The number of benzene rings is 2. The average molecular weight is 575 g/mol. The summed E-state index contributed by atoms with van der Waals surface area (Å²) in [6.45, 7) is 1.85. The molecule has 39 heavy (non-hydrogen) atoms. The number of carbonyl (C=O) groups is 2. The van der Waals surface area contributed by atoms with Gasteiger partial charge in [0.2, 0.25) is 0 Å². The van der Waals surface area contributed by atoms with Crippen LogP contribution in [0.5, 0.6) is 0 Å². The minimum Gasteiger partial charge on any atom is -0.481 e. The van der Waals surface area contributed by atoms with Crippen molar-refractivity contribution in [2.24, 2.45) is 7.05 Å². The number of allylic oxidation sites excluding steroid dienone is 1. The molecule has 7 nitrogen and oxygen atoms in total. The number of aromatic nitrogens is 2. The number of carbonyl (C=O) groups excluding carboxylic acids is 1. The third kappa shape index (κ3) is 5.10. The highest BCUT2D eigenvalue weighted by Crippen LogP contribution is 2.44. The summed E-state index contributed by atoms with van der Waals surface area (Å²) < 4.78 is 14.0. The lowest BCUT2D eigenvalue weighted by Crippen LogP contribution is -2.35. The van der Waals surface area contributed by atoms with Gasteiger partial charge in [0, 0.05) is 25.8 Å². The summed E-state index contributed by atoms with van der Waals surface area (Å²) in [6, 6.07) is 20.2. The highest BCUT2D eigenvalue weighted by molar-refractivity contribution is 7.32. The van der Waals surface area contributed by atoms with Gasteiger partial charge in [-0.25, -0.2) is 0 Å². The van der Waals surface area contributed by atoms with Gasteiger partial charge in [-0.1, -0.05) is 48.5 Å². The number of anilines is 1. The lowest BCUT2D eigenvalue weighted by atomic mass is 10.0. The standard InChI is InChI=1S/C29H23N3O4S3/c1-16(17-6-4-3-5-7-17)36-29(35)30-28-27(39-31-32(28)2)25-15-24-23(38-25)14-22(37-24)20-10-11-21-18(12-20)8-9-19(21)13-26(33)34/h3-7,9-12,14-16H,8,13H2,1-2H3,(H-,30,33,34,35)/p+1/t16-/m1/s1. The van der Waals surface area contributed by atoms with E-state index in [4.69, 9.17) is 9.84 Å². The van der Waals surface area contributed by atoms with Crippen molar-refractivity contribution < 1.29 is 24.1 Å². The molecule has 0 saturated carbocycles. The second-order valence-electron chi connectivity index (χ2n) is 9.28. The average Bonchev–Trinajstić information content (AvgIpc) is 3.68. The number of carboxylic acid groups (broad SMARTS) is 1. The summed E-state index contributed by atoms with van der Waals surface area (Å²) in [5.41, 5.74) is 5.16. The molecule has 6 rings (SSSR count). The van der Waals surface area contributed by atoms with Crippen LogP contribution in [0.25, 0.3) is 35.2 Å². The van der Waals surface area contributed by atoms with Crippen LogP contribution in [0, 0.1) is 0 Å². The van der Waals surface area contributed by atoms with Crippen LogP contribution >= 0.6 is 34.2 Å². The lowest BCUT2D eigenvalue weighted by molar-refractivity contribution is -0.708. The Morgan fingerprint density at radius 1 is 1.08 bits per heavy atom. The van der Waals surface area contributed by atoms with Crippen LogP contribution in [-0.2, 0) is 23.0 Å². The number of nitrogens with zero attached hydrogens (tertiary/aromatic N) is 2. The maximum Gasteiger partial charge on any atom is 0.505 e. The van der Waals surface area contributed by atoms with Gasteiger partial charge in [0.1, 0.15) is 13.2 Å². The third-order valence-electron chi connectivity index (χ3n) is 6.64. The van der Waals surface area contributed by atoms with Gasteiger partial charge in [0.05, 0.1) is 11.3 Å². The lowest BCUT2D eigenvalue weighted by Gasteiger charge is -2.11. The van der Waals surface area contributed by atoms with Gasteiger partial charge in [-0.15, -0.1) is 27.4 Å². The monoisotopic (exact) mass is 574 g/mol. The fourth-order valence-electron chi connectivity index (χ4n) is 4.70. The molecule has 0 radical (unpaired) electrons. The van der Waals surface area contributed by atoms with Crippen molar-refractivity contribution >= 4 is 67.1 Å². The van der Waals surface area contributed by atoms with Crippen molar-refractivity contribution in [2.45, 2.75) is 25.9 Å². The topological polar surface area (TPSA) is 92.4 Å². The van der Waals surface area contributed by atoms with Crippen molar-refractivity contribution in [2.75, 3.05) is 5.32 Å². The van der Waals surface area contributed by atoms with Crippen LogP contribution in [0.3, 0.4) is 0 Å². The molecule has 0 unspecified atom stereocenters. The number of rotatable bonds is 7. The number of nitrogens with one attached hydrogen (secondary N) is 1. The van der Waals surface area contributed by atoms with Crippen molar-refractivity contribution in [1.82, 2.24) is 4.49 Å². The van der Waals surface area contributed by atoms with E-state index in [1.54, 1.807) is 34.4 Å². The van der Waals surface area contributed by atoms with E-state index in [1.807, 2.05) is 49.4 Å². The van der Waals surface area contributed by atoms with E-state index in [2.05, 4.69) is 34.1 Å². The Balaban J connectivity index is 1.20. The third-order valence-corrected chi connectivity index (χ3v) is 10.1. The number of amides is 1. The van der Waals surface area contributed by atoms with E-state index < -0.39 is 12.1 Å². The van der Waals surface area contributed by atoms with E-state index in [1.165, 1.54) is 22.0 Å². The molecule has 196 valence electrons. The van der Waals surface area contributed by atoms with Crippen molar-refractivity contribution in [1.29, 1.82) is 0 Å². The van der Waals surface area contributed by atoms with E-state index in [0.717, 1.165) is 47.8 Å². The first-order valence-electron chi connectivity index (χ1n) is 12.3. The maximum atomic E-state index is 12.7. The minimum absolute atomic E-state index is 0.0554. The number of hydrogen-bond donors (Lipinski definition) is 2. The number of carboxylic acids is 1. The number of fused-ring (bicyclic) bond motifs is 2. The fourth-order valence-corrected chi connectivity index (χ4v) is 7.98. The smallest absolute Gasteiger partial charge is 0.481 e. The van der Waals surface area contributed by atoms with Crippen LogP contribution in [0.1, 0.15) is 36.1 Å². The van der Waals surface area contributed by atoms with Crippen molar-refractivity contribution in [3.05, 3.63) is 83.4 Å². The molecule has 1 amide bonds. The molecule has 1 atom stereocenters. The quantitative estimate of drug-likeness (QED) is 0.199. The summed E-state index contributed by atoms with van der Waals surface area (Å²) in [6.07, 6.45) is 1.93. The zero-order chi connectivity index (χ0) is 27.1. The predicted molar refractivity (Wildman–Crippen MR) is 156 cm³/mol. The number of thiophene rings is 2. The Labute approximate surface area is 236 Å². The van der Waals surface area contributed by atoms with E-state index in [-0.39, 0.29) is 12.5 Å². The SMILES string of the molecule is C[C@@H](OC(=O)Nc1c(-c2cc3sc(-c4ccc5c(c4)CC=C5CC(=O)O)cc3s2)sn[n+]1C)c1ccccc1. The molecule has 10 heteroatoms. The zero-order valence-electron chi connectivity index (χ0n) is 21.1. The molecule has 2 N–H and O–H groups in total. The number of aryl methyl sites for hydroxylation is 1. The first-order valence-corrected chi connectivity index (χ1v) is 14.7. The highest BCUT2D eigenvalue weighted by Gasteiger charge is 2.27. The van der Waals surface area contributed by atoms with Crippen LogP contribution in [0.4, 0.5) is 10.6 Å². The number of ether oxygens (including phenoxy) is 1. The van der Waals surface area contributed by atoms with Crippen LogP contribution in [-0.4, -0.2) is 21.7 Å². The second-order valence-corrected chi connectivity index (χ2v) is 12.2. The normalized spacial score (nSPS) is 13.2. The molecule has 0 bridgehead atoms. The summed E-state index contributed by atoms with van der Waals surface area (Å²) in [5, 5.41) is 12.1. The zero-order valence-corrected chi connectivity index (χ0v) is 23.6. The van der Waals surface area contributed by atoms with Gasteiger partial charge in [-0.2, -0.15) is 10.1 Å². The Bertz CT molecular complexity index is 1720. The molecule has 0 aliphatic heterocycles. The second kappa shape index (κ2) is 10.4. The predicted octanol–water partition coefficient (Wildman–Crippen LogP) is 7.30. The van der Waals surface area contributed by atoms with Crippen LogP contribution in [0.15, 0.2) is 66.7 Å². The molecule has 0 saturated heterocycles. The molecule has 1 aliphatic rings. The van der Waals surface area contributed by atoms with Gasteiger partial charge in [0.15, 0.2) is 4.88 Å². The summed E-state index contributed by atoms with van der Waals surface area (Å²) in [4.78, 5) is 26.9. The summed E-state index contributed by atoms with van der Waals surface area (Å²) >= 11 is 4.72. The van der Waals surface area contributed by atoms with Crippen LogP contribution in [0.2, 0.25) is 0 Å². The molecule has 3 heterocycles. The van der Waals surface area contributed by atoms with Gasteiger partial charge in [-0.3, -0.25) is 4.79 Å². The summed E-state index contributed by atoms with van der Waals surface area (Å²) in [7, 11) is 1.80. The fraction of sp³-hybridized carbons (Fsp3) is 0.172. The highest BCUT2D eigenvalue weighted by atomic mass is 32.1. The van der Waals surface area contributed by atoms with Gasteiger partial charge >= 0.3 is 17.9 Å². The molecule has 2 aromatic carbocycles. The van der Waals surface area contributed by atoms with Gasteiger partial charge in [0.25, 0.3) is 0 Å². The van der Waals surface area contributed by atoms with E-state index in [0.29, 0.717) is 5.82 Å². The molecular formula is C29H24N3O4S3+. The number of hydrogen-bond acceptors (Lipinski definition) is 7. The Kier molecular flexibility index (Phi) is 6.76. The van der Waals surface area contributed by atoms with Gasteiger partial charge in [-0.05, 0) is 63.9 Å². The largest absolute Gasteiger partial charge is 0.505 e. The Hall–Kier alpha value is -3.86. The first-order chi connectivity index (χ1) is 18.9. The van der Waals surface area contributed by atoms with Gasteiger partial charge < -0.3 is 9.84 Å². The molecule has 3 aromatic heterocycles. The van der Waals surface area contributed by atoms with E-state index in [9.17, 15) is 9.59 Å². The first kappa shape index (κ1) is 25.4. The molecule has 0 spiro atoms. The molecule has 0 fully saturated rings. The maximum absolute atomic E-state index is 12.7. The molecule has 1 aliphatic carbocycles. The Morgan fingerprint density at radius 2 is 1.82 bits per heavy atom. The summed E-state index contributed by atoms with van der Waals surface area (Å²) in [5.74, 6) is -0.207. The Morgan fingerprint density at radius 3 is 2.59 bits per heavy atom. The molecule has 5 aromatic rings. The molecular weight excluding hydrogens is 551 g/mol. The number of aliphatic carboxylic acids is 1. The minimum atomic E-state index is -0.806. The van der Waals surface area contributed by atoms with Crippen molar-refractivity contribution in [3.8, 4) is 20.2 Å².